The third kappa shape index (κ3) is 3.30. The van der Waals surface area contributed by atoms with Crippen LogP contribution in [0.3, 0.4) is 0 Å². The summed E-state index contributed by atoms with van der Waals surface area (Å²) in [6, 6.07) is 0. The van der Waals surface area contributed by atoms with Crippen LogP contribution in [0.5, 0.6) is 0 Å². The maximum atomic E-state index is 4.89. The molecule has 0 N–H and O–H groups in total. The number of hydrogen-bond acceptors (Lipinski definition) is 0. The molecule has 0 fully saturated rings. The monoisotopic (exact) mass is 79.1 g/mol. The molecule has 0 spiro atoms. The van der Waals surface area contributed by atoms with E-state index < -0.39 is 0 Å². The van der Waals surface area contributed by atoms with Crippen LogP contribution in [0.15, 0.2) is 12.2 Å². The van der Waals surface area contributed by atoms with E-state index in [0.29, 0.717) is 6.42 Å². The molecule has 31 valence electrons. The lowest BCUT2D eigenvalue weighted by molar-refractivity contribution is 1.48. The Morgan fingerprint density at radius 1 is 1.83 bits per heavy atom. The van der Waals surface area contributed by atoms with Crippen LogP contribution < -0.4 is 0 Å². The molecule has 0 aliphatic rings. The van der Waals surface area contributed by atoms with Crippen molar-refractivity contribution in [1.82, 2.24) is 0 Å². The van der Waals surface area contributed by atoms with Crippen molar-refractivity contribution in [3.8, 4) is 12.3 Å². The molecule has 0 saturated heterocycles. The van der Waals surface area contributed by atoms with Crippen LogP contribution in [0.4, 0.5) is 0 Å². The van der Waals surface area contributed by atoms with Gasteiger partial charge in [0.1, 0.15) is 0 Å². The molecule has 0 heterocycles. The van der Waals surface area contributed by atoms with E-state index in [1.807, 2.05) is 6.08 Å². The topological polar surface area (TPSA) is 0 Å². The summed E-state index contributed by atoms with van der Waals surface area (Å²) in [6.07, 6.45) is 9.11. The smallest absolute Gasteiger partial charge is 0.0267 e. The standard InChI is InChI=1S/C6H7/c1-3-5-6-4-2/h1,4,6H,2,5H2. The van der Waals surface area contributed by atoms with Crippen molar-refractivity contribution in [2.24, 2.45) is 0 Å². The Hall–Kier alpha value is -0.700. The normalized spacial score (nSPS) is 8.67. The Morgan fingerprint density at radius 2 is 2.50 bits per heavy atom. The molecule has 0 saturated carbocycles. The van der Waals surface area contributed by atoms with Gasteiger partial charge in [-0.25, -0.2) is 0 Å². The quantitative estimate of drug-likeness (QED) is 0.417. The van der Waals surface area contributed by atoms with Gasteiger partial charge in [-0.15, -0.1) is 12.3 Å². The van der Waals surface area contributed by atoms with Gasteiger partial charge in [0, 0.05) is 6.42 Å². The Kier molecular flexibility index (Phi) is 3.80. The second-order valence-electron chi connectivity index (χ2n) is 0.880. The Morgan fingerprint density at radius 3 is 2.67 bits per heavy atom. The number of rotatable bonds is 1. The molecule has 0 aliphatic carbocycles. The van der Waals surface area contributed by atoms with Crippen molar-refractivity contribution in [1.29, 1.82) is 0 Å². The van der Waals surface area contributed by atoms with Gasteiger partial charge < -0.3 is 0 Å². The predicted molar refractivity (Wildman–Crippen MR) is 27.9 cm³/mol. The summed E-state index contributed by atoms with van der Waals surface area (Å²) < 4.78 is 0. The van der Waals surface area contributed by atoms with Crippen LogP contribution in [0.25, 0.3) is 0 Å². The third-order valence-electron chi connectivity index (χ3n) is 0.402. The van der Waals surface area contributed by atoms with E-state index >= 15 is 0 Å². The highest BCUT2D eigenvalue weighted by Crippen LogP contribution is 1.74. The predicted octanol–water partition coefficient (Wildman–Crippen LogP) is 1.40. The fourth-order valence-corrected chi connectivity index (χ4v) is 0.151. The van der Waals surface area contributed by atoms with E-state index in [1.165, 1.54) is 0 Å². The first kappa shape index (κ1) is 5.30. The summed E-state index contributed by atoms with van der Waals surface area (Å²) in [6.45, 7) is 3.45. The highest BCUT2D eigenvalue weighted by molar-refractivity contribution is 4.96. The Labute approximate surface area is 38.9 Å². The van der Waals surface area contributed by atoms with Crippen molar-refractivity contribution in [3.63, 3.8) is 0 Å². The van der Waals surface area contributed by atoms with E-state index in [2.05, 4.69) is 12.8 Å². The second-order valence-corrected chi connectivity index (χ2v) is 0.880. The SMILES string of the molecule is C#CCC=C[CH2]. The molecule has 0 bridgehead atoms. The van der Waals surface area contributed by atoms with Gasteiger partial charge in [-0.05, 0) is 6.92 Å². The average Bonchev–Trinajstić information content (AvgIpc) is 1.61. The minimum absolute atomic E-state index is 0.698. The van der Waals surface area contributed by atoms with Crippen LogP contribution in [-0.2, 0) is 0 Å². The number of terminal acetylenes is 1. The molecule has 0 unspecified atom stereocenters. The first-order chi connectivity index (χ1) is 2.91. The van der Waals surface area contributed by atoms with Crippen LogP contribution in [0.2, 0.25) is 0 Å². The van der Waals surface area contributed by atoms with Crippen LogP contribution in [0, 0.1) is 19.3 Å². The third-order valence-corrected chi connectivity index (χ3v) is 0.402. The summed E-state index contributed by atoms with van der Waals surface area (Å²) >= 11 is 0. The maximum absolute atomic E-state index is 4.89. The van der Waals surface area contributed by atoms with Gasteiger partial charge in [0.05, 0.1) is 0 Å². The summed E-state index contributed by atoms with van der Waals surface area (Å²) in [5, 5.41) is 0. The molecule has 0 aromatic carbocycles. The van der Waals surface area contributed by atoms with E-state index in [1.54, 1.807) is 6.08 Å². The van der Waals surface area contributed by atoms with E-state index in [0.717, 1.165) is 0 Å². The molecule has 0 atom stereocenters. The van der Waals surface area contributed by atoms with Crippen molar-refractivity contribution in [2.75, 3.05) is 0 Å². The maximum Gasteiger partial charge on any atom is 0.0267 e. The number of hydrogen-bond donors (Lipinski definition) is 0. The van der Waals surface area contributed by atoms with Crippen molar-refractivity contribution >= 4 is 0 Å². The first-order valence-corrected chi connectivity index (χ1v) is 1.79. The lowest BCUT2D eigenvalue weighted by Crippen LogP contribution is -1.50. The van der Waals surface area contributed by atoms with E-state index in [9.17, 15) is 0 Å². The first-order valence-electron chi connectivity index (χ1n) is 1.79. The molecule has 0 aliphatic heterocycles. The molecule has 0 heteroatoms. The van der Waals surface area contributed by atoms with Gasteiger partial charge in [-0.3, -0.25) is 0 Å². The Balaban J connectivity index is 2.92. The minimum Gasteiger partial charge on any atom is -0.120 e. The van der Waals surface area contributed by atoms with Gasteiger partial charge in [-0.1, -0.05) is 12.2 Å². The summed E-state index contributed by atoms with van der Waals surface area (Å²) in [5.74, 6) is 2.44. The highest BCUT2D eigenvalue weighted by Gasteiger charge is 1.57. The number of allylic oxidation sites excluding steroid dienone is 2. The highest BCUT2D eigenvalue weighted by atomic mass is 13.6. The van der Waals surface area contributed by atoms with Crippen molar-refractivity contribution in [2.45, 2.75) is 6.42 Å². The van der Waals surface area contributed by atoms with Crippen LogP contribution in [-0.4, -0.2) is 0 Å². The van der Waals surface area contributed by atoms with Crippen molar-refractivity contribution < 1.29 is 0 Å². The zero-order valence-corrected chi connectivity index (χ0v) is 3.65. The van der Waals surface area contributed by atoms with Crippen LogP contribution in [0.1, 0.15) is 6.42 Å². The van der Waals surface area contributed by atoms with E-state index in [-0.39, 0.29) is 0 Å². The fourth-order valence-electron chi connectivity index (χ4n) is 0.151. The molecule has 1 radical (unpaired) electrons. The molecule has 0 aromatic heterocycles. The molecule has 0 rings (SSSR count). The molecule has 6 heavy (non-hydrogen) atoms. The van der Waals surface area contributed by atoms with E-state index in [4.69, 9.17) is 6.42 Å². The fraction of sp³-hybridized carbons (Fsp3) is 0.167. The van der Waals surface area contributed by atoms with Gasteiger partial charge in [0.2, 0.25) is 0 Å². The van der Waals surface area contributed by atoms with Gasteiger partial charge in [0.15, 0.2) is 0 Å². The summed E-state index contributed by atoms with van der Waals surface area (Å²) in [7, 11) is 0. The molecule has 0 aromatic rings. The summed E-state index contributed by atoms with van der Waals surface area (Å²) in [5.41, 5.74) is 0. The molecular weight excluding hydrogens is 72.1 g/mol. The minimum atomic E-state index is 0.698. The lowest BCUT2D eigenvalue weighted by atomic mass is 10.4. The van der Waals surface area contributed by atoms with Gasteiger partial charge >= 0.3 is 0 Å². The second kappa shape index (κ2) is 4.30. The van der Waals surface area contributed by atoms with Crippen molar-refractivity contribution in [3.05, 3.63) is 19.1 Å². The van der Waals surface area contributed by atoms with Gasteiger partial charge in [-0.2, -0.15) is 0 Å². The van der Waals surface area contributed by atoms with Crippen LogP contribution >= 0.6 is 0 Å². The average molecular weight is 79.1 g/mol. The Bertz CT molecular complexity index is 72.5. The largest absolute Gasteiger partial charge is 0.120 e. The summed E-state index contributed by atoms with van der Waals surface area (Å²) in [4.78, 5) is 0. The molecule has 0 amide bonds. The lowest BCUT2D eigenvalue weighted by Gasteiger charge is -1.66. The molecule has 0 nitrogen and oxygen atoms in total. The zero-order chi connectivity index (χ0) is 4.83. The zero-order valence-electron chi connectivity index (χ0n) is 3.65. The molecular formula is C6H7. The van der Waals surface area contributed by atoms with Gasteiger partial charge in [0.25, 0.3) is 0 Å².